The van der Waals surface area contributed by atoms with Gasteiger partial charge in [-0.25, -0.2) is 4.79 Å². The molecule has 0 bridgehead atoms. The molecule has 0 spiro atoms. The fourth-order valence-corrected chi connectivity index (χ4v) is 5.16. The lowest BCUT2D eigenvalue weighted by Crippen LogP contribution is -2.44. The van der Waals surface area contributed by atoms with E-state index in [0.29, 0.717) is 24.1 Å². The number of halogens is 1. The molecule has 0 N–H and O–H groups in total. The highest BCUT2D eigenvalue weighted by molar-refractivity contribution is 9.10. The summed E-state index contributed by atoms with van der Waals surface area (Å²) in [6.07, 6.45) is 8.82. The highest BCUT2D eigenvalue weighted by atomic mass is 79.9. The highest BCUT2D eigenvalue weighted by Gasteiger charge is 2.36. The molecule has 2 aromatic heterocycles. The van der Waals surface area contributed by atoms with E-state index in [1.807, 2.05) is 0 Å². The molecule has 0 fully saturated rings. The summed E-state index contributed by atoms with van der Waals surface area (Å²) in [4.78, 5) is 18.8. The van der Waals surface area contributed by atoms with Crippen molar-refractivity contribution < 1.29 is 9.53 Å². The molecule has 1 aliphatic heterocycles. The van der Waals surface area contributed by atoms with E-state index in [2.05, 4.69) is 74.9 Å². The Morgan fingerprint density at radius 3 is 3.00 bits per heavy atom. The van der Waals surface area contributed by atoms with Gasteiger partial charge in [-0.1, -0.05) is 18.2 Å². The number of fused-ring (bicyclic) bond motifs is 2. The molecule has 0 unspecified atom stereocenters. The second-order valence-electron chi connectivity index (χ2n) is 8.01. The summed E-state index contributed by atoms with van der Waals surface area (Å²) >= 11 is 3.34. The van der Waals surface area contributed by atoms with Crippen LogP contribution in [-0.2, 0) is 18.2 Å². The second-order valence-corrected chi connectivity index (χ2v) is 8.93. The van der Waals surface area contributed by atoms with E-state index in [1.54, 1.807) is 12.3 Å². The smallest absolute Gasteiger partial charge is 0.340 e. The molecule has 29 heavy (non-hydrogen) atoms. The first kappa shape index (κ1) is 18.6. The summed E-state index contributed by atoms with van der Waals surface area (Å²) in [5, 5.41) is 1.39. The Bertz CT molecular complexity index is 1150. The zero-order valence-electron chi connectivity index (χ0n) is 16.4. The maximum Gasteiger partial charge on any atom is 0.340 e. The summed E-state index contributed by atoms with van der Waals surface area (Å²) in [5.74, 6) is -0.0332. The van der Waals surface area contributed by atoms with Crippen LogP contribution in [0.3, 0.4) is 0 Å². The number of ether oxygens (including phenoxy) is 1. The number of hydrogen-bond acceptors (Lipinski definition) is 4. The van der Waals surface area contributed by atoms with Crippen molar-refractivity contribution in [2.24, 2.45) is 7.05 Å². The standard InChI is InChI=1S/C23H22BrN3O2/c1-26-11-14(13-29-23(28)15-7-17(24)10-25-9-15)6-19-18-4-3-5-20-22(18)16(8-21(19)26)12-27(20)2/h3-7,9-10,12,19,21H,8,11,13H2,1-2H3/t19-,21-/m1/s1. The molecule has 0 amide bonds. The SMILES string of the molecule is CN1CC(COC(=O)c2cncc(Br)c2)=C[C@@H]2c3cccc4c3c(cn4C)C[C@H]21. The van der Waals surface area contributed by atoms with Crippen molar-refractivity contribution in [3.63, 3.8) is 0 Å². The van der Waals surface area contributed by atoms with Gasteiger partial charge in [0.1, 0.15) is 6.61 Å². The van der Waals surface area contributed by atoms with Crippen molar-refractivity contribution in [1.82, 2.24) is 14.5 Å². The molecule has 1 aliphatic carbocycles. The first-order chi connectivity index (χ1) is 14.0. The Hall–Kier alpha value is -2.44. The molecule has 5 rings (SSSR count). The molecule has 0 radical (unpaired) electrons. The van der Waals surface area contributed by atoms with E-state index >= 15 is 0 Å². The third-order valence-electron chi connectivity index (χ3n) is 6.09. The Morgan fingerprint density at radius 2 is 2.17 bits per heavy atom. The second kappa shape index (κ2) is 7.11. The Labute approximate surface area is 178 Å². The number of rotatable bonds is 3. The van der Waals surface area contributed by atoms with Crippen molar-refractivity contribution in [3.05, 3.63) is 75.7 Å². The van der Waals surface area contributed by atoms with Crippen LogP contribution in [0.1, 0.15) is 27.4 Å². The molecular weight excluding hydrogens is 430 g/mol. The molecule has 3 aromatic rings. The van der Waals surface area contributed by atoms with Crippen LogP contribution in [0.25, 0.3) is 10.9 Å². The van der Waals surface area contributed by atoms with E-state index in [1.165, 1.54) is 28.2 Å². The van der Waals surface area contributed by atoms with Gasteiger partial charge in [-0.15, -0.1) is 0 Å². The van der Waals surface area contributed by atoms with Gasteiger partial charge in [0.15, 0.2) is 0 Å². The topological polar surface area (TPSA) is 47.4 Å². The largest absolute Gasteiger partial charge is 0.457 e. The number of carbonyl (C=O) groups excluding carboxylic acids is 1. The lowest BCUT2D eigenvalue weighted by Gasteiger charge is -2.41. The molecule has 5 nitrogen and oxygen atoms in total. The quantitative estimate of drug-likeness (QED) is 0.444. The molecule has 1 aromatic carbocycles. The van der Waals surface area contributed by atoms with Crippen LogP contribution in [0.2, 0.25) is 0 Å². The Balaban J connectivity index is 1.42. The van der Waals surface area contributed by atoms with Gasteiger partial charge >= 0.3 is 5.97 Å². The third-order valence-corrected chi connectivity index (χ3v) is 6.52. The van der Waals surface area contributed by atoms with E-state index in [0.717, 1.165) is 23.0 Å². The van der Waals surface area contributed by atoms with Gasteiger partial charge in [-0.3, -0.25) is 9.88 Å². The normalized spacial score (nSPS) is 21.0. The summed E-state index contributed by atoms with van der Waals surface area (Å²) < 4.78 is 8.59. The zero-order valence-corrected chi connectivity index (χ0v) is 18.0. The maximum atomic E-state index is 12.4. The summed E-state index contributed by atoms with van der Waals surface area (Å²) in [6, 6.07) is 8.74. The van der Waals surface area contributed by atoms with E-state index in [-0.39, 0.29) is 5.97 Å². The van der Waals surface area contributed by atoms with Crippen LogP contribution < -0.4 is 0 Å². The first-order valence-corrected chi connectivity index (χ1v) is 10.5. The van der Waals surface area contributed by atoms with Crippen LogP contribution in [0.5, 0.6) is 0 Å². The van der Waals surface area contributed by atoms with Gasteiger partial charge < -0.3 is 9.30 Å². The number of aromatic nitrogens is 2. The number of likely N-dealkylation sites (N-methyl/N-ethyl adjacent to an activating group) is 1. The van der Waals surface area contributed by atoms with Crippen molar-refractivity contribution in [2.75, 3.05) is 20.2 Å². The first-order valence-electron chi connectivity index (χ1n) is 9.75. The van der Waals surface area contributed by atoms with E-state index < -0.39 is 0 Å². The minimum absolute atomic E-state index is 0.302. The van der Waals surface area contributed by atoms with Crippen molar-refractivity contribution in [1.29, 1.82) is 0 Å². The van der Waals surface area contributed by atoms with Gasteiger partial charge in [0, 0.05) is 59.5 Å². The maximum absolute atomic E-state index is 12.4. The zero-order chi connectivity index (χ0) is 20.1. The summed E-state index contributed by atoms with van der Waals surface area (Å²) in [6.45, 7) is 1.11. The monoisotopic (exact) mass is 451 g/mol. The van der Waals surface area contributed by atoms with Crippen molar-refractivity contribution in [2.45, 2.75) is 18.4 Å². The molecule has 148 valence electrons. The number of carbonyl (C=O) groups is 1. The fraction of sp³-hybridized carbons (Fsp3) is 0.304. The highest BCUT2D eigenvalue weighted by Crippen LogP contribution is 2.42. The van der Waals surface area contributed by atoms with Gasteiger partial charge in [0.2, 0.25) is 0 Å². The van der Waals surface area contributed by atoms with Crippen LogP contribution >= 0.6 is 15.9 Å². The predicted octanol–water partition coefficient (Wildman–Crippen LogP) is 4.07. The summed E-state index contributed by atoms with van der Waals surface area (Å²) in [5.41, 5.74) is 5.69. The molecular formula is C23H22BrN3O2. The van der Waals surface area contributed by atoms with Gasteiger partial charge in [-0.05, 0) is 58.2 Å². The van der Waals surface area contributed by atoms with E-state index in [9.17, 15) is 4.79 Å². The van der Waals surface area contributed by atoms with Crippen LogP contribution in [-0.4, -0.2) is 46.7 Å². The molecule has 6 heteroatoms. The number of aryl methyl sites for hydroxylation is 1. The number of benzene rings is 1. The summed E-state index contributed by atoms with van der Waals surface area (Å²) in [7, 11) is 4.28. The lowest BCUT2D eigenvalue weighted by atomic mass is 9.77. The lowest BCUT2D eigenvalue weighted by molar-refractivity contribution is 0.0527. The van der Waals surface area contributed by atoms with Crippen molar-refractivity contribution in [3.8, 4) is 0 Å². The molecule has 0 saturated heterocycles. The van der Waals surface area contributed by atoms with Gasteiger partial charge in [0.05, 0.1) is 5.56 Å². The van der Waals surface area contributed by atoms with Crippen LogP contribution in [0.15, 0.2) is 59.0 Å². The Kier molecular flexibility index (Phi) is 4.56. The van der Waals surface area contributed by atoms with Crippen LogP contribution in [0.4, 0.5) is 0 Å². The fourth-order valence-electron chi connectivity index (χ4n) is 4.80. The van der Waals surface area contributed by atoms with E-state index in [4.69, 9.17) is 4.74 Å². The molecule has 3 heterocycles. The Morgan fingerprint density at radius 1 is 1.31 bits per heavy atom. The predicted molar refractivity (Wildman–Crippen MR) is 116 cm³/mol. The van der Waals surface area contributed by atoms with Gasteiger partial charge in [-0.2, -0.15) is 0 Å². The minimum Gasteiger partial charge on any atom is -0.457 e. The average Bonchev–Trinajstić information content (AvgIpc) is 3.04. The molecule has 2 atom stereocenters. The third kappa shape index (κ3) is 3.20. The number of nitrogens with zero attached hydrogens (tertiary/aromatic N) is 3. The average molecular weight is 452 g/mol. The molecule has 2 aliphatic rings. The van der Waals surface area contributed by atoms with Crippen LogP contribution in [0, 0.1) is 0 Å². The number of pyridine rings is 1. The minimum atomic E-state index is -0.347. The van der Waals surface area contributed by atoms with Gasteiger partial charge in [0.25, 0.3) is 0 Å². The molecule has 0 saturated carbocycles. The number of hydrogen-bond donors (Lipinski definition) is 0. The number of esters is 1. The van der Waals surface area contributed by atoms with Crippen molar-refractivity contribution >= 4 is 32.8 Å².